The molecule has 40 heavy (non-hydrogen) atoms. The number of nitrogens with zero attached hydrogens (tertiary/aromatic N) is 2. The standard InChI is InChI=1S/C30H36ClN3O5S/c1-21(2)32-30(36)28(18-23-11-7-6-8-12-23)33(19-24-13-9-14-25(17-24)39-4)29(35)20-34(40(5,37)38)27-16-10-15-26(31)22(27)3/h6-17,21,28H,18-20H2,1-5H3,(H,32,36)/t28-/m0/s1. The second-order valence-electron chi connectivity index (χ2n) is 9.90. The highest BCUT2D eigenvalue weighted by atomic mass is 35.5. The number of amides is 2. The van der Waals surface area contributed by atoms with Crippen molar-refractivity contribution in [3.05, 3.63) is 94.5 Å². The summed E-state index contributed by atoms with van der Waals surface area (Å²) in [6.45, 7) is 4.94. The van der Waals surface area contributed by atoms with Crippen molar-refractivity contribution in [3.63, 3.8) is 0 Å². The van der Waals surface area contributed by atoms with E-state index in [1.807, 2.05) is 50.2 Å². The molecular formula is C30H36ClN3O5S. The van der Waals surface area contributed by atoms with Gasteiger partial charge in [-0.15, -0.1) is 0 Å². The molecule has 0 saturated carbocycles. The molecule has 0 unspecified atom stereocenters. The average Bonchev–Trinajstić information content (AvgIpc) is 2.90. The molecule has 3 aromatic carbocycles. The highest BCUT2D eigenvalue weighted by Gasteiger charge is 2.33. The molecule has 2 amide bonds. The Kier molecular flexibility index (Phi) is 10.6. The van der Waals surface area contributed by atoms with Crippen molar-refractivity contribution in [1.82, 2.24) is 10.2 Å². The first-order valence-electron chi connectivity index (χ1n) is 12.9. The van der Waals surface area contributed by atoms with E-state index in [0.717, 1.165) is 21.7 Å². The molecule has 0 aromatic heterocycles. The van der Waals surface area contributed by atoms with Crippen molar-refractivity contribution >= 4 is 39.1 Å². The molecule has 0 aliphatic rings. The van der Waals surface area contributed by atoms with Crippen molar-refractivity contribution in [2.75, 3.05) is 24.2 Å². The van der Waals surface area contributed by atoms with Gasteiger partial charge in [-0.2, -0.15) is 0 Å². The SMILES string of the molecule is COc1cccc(CN(C(=O)CN(c2cccc(Cl)c2C)S(C)(=O)=O)[C@@H](Cc2ccccc2)C(=O)NC(C)C)c1. The number of rotatable bonds is 12. The molecule has 0 spiro atoms. The van der Waals surface area contributed by atoms with E-state index in [2.05, 4.69) is 5.32 Å². The first-order valence-corrected chi connectivity index (χ1v) is 15.1. The van der Waals surface area contributed by atoms with Gasteiger partial charge in [0.25, 0.3) is 0 Å². The number of ether oxygens (including phenoxy) is 1. The van der Waals surface area contributed by atoms with Gasteiger partial charge in [0.05, 0.1) is 19.1 Å². The molecule has 0 bridgehead atoms. The maximum atomic E-state index is 14.1. The van der Waals surface area contributed by atoms with Gasteiger partial charge in [-0.3, -0.25) is 13.9 Å². The lowest BCUT2D eigenvalue weighted by atomic mass is 10.0. The predicted molar refractivity (Wildman–Crippen MR) is 159 cm³/mol. The molecule has 1 N–H and O–H groups in total. The number of methoxy groups -OCH3 is 1. The van der Waals surface area contributed by atoms with Crippen LogP contribution in [0.5, 0.6) is 5.75 Å². The minimum absolute atomic E-state index is 0.0607. The maximum absolute atomic E-state index is 14.1. The van der Waals surface area contributed by atoms with Crippen LogP contribution in [0.1, 0.15) is 30.5 Å². The van der Waals surface area contributed by atoms with Gasteiger partial charge < -0.3 is 15.0 Å². The van der Waals surface area contributed by atoms with Crippen LogP contribution in [0.2, 0.25) is 5.02 Å². The summed E-state index contributed by atoms with van der Waals surface area (Å²) in [5, 5.41) is 3.31. The number of hydrogen-bond acceptors (Lipinski definition) is 5. The Morgan fingerprint density at radius 3 is 2.25 bits per heavy atom. The van der Waals surface area contributed by atoms with Gasteiger partial charge in [0.2, 0.25) is 21.8 Å². The van der Waals surface area contributed by atoms with Crippen LogP contribution in [0.15, 0.2) is 72.8 Å². The highest BCUT2D eigenvalue weighted by Crippen LogP contribution is 2.29. The first kappa shape index (κ1) is 31.0. The minimum atomic E-state index is -3.89. The molecule has 0 heterocycles. The Hall–Kier alpha value is -3.56. The molecule has 0 aliphatic heterocycles. The lowest BCUT2D eigenvalue weighted by Crippen LogP contribution is -2.54. The monoisotopic (exact) mass is 585 g/mol. The number of nitrogens with one attached hydrogen (secondary N) is 1. The van der Waals surface area contributed by atoms with Crippen LogP contribution in [0.3, 0.4) is 0 Å². The maximum Gasteiger partial charge on any atom is 0.244 e. The highest BCUT2D eigenvalue weighted by molar-refractivity contribution is 7.92. The van der Waals surface area contributed by atoms with E-state index in [9.17, 15) is 18.0 Å². The van der Waals surface area contributed by atoms with Crippen LogP contribution < -0.4 is 14.4 Å². The predicted octanol–water partition coefficient (Wildman–Crippen LogP) is 4.59. The third kappa shape index (κ3) is 8.22. The molecule has 0 radical (unpaired) electrons. The molecule has 8 nitrogen and oxygen atoms in total. The van der Waals surface area contributed by atoms with Crippen LogP contribution in [-0.2, 0) is 32.6 Å². The zero-order chi connectivity index (χ0) is 29.4. The van der Waals surface area contributed by atoms with Crippen molar-refractivity contribution in [2.24, 2.45) is 0 Å². The van der Waals surface area contributed by atoms with Crippen molar-refractivity contribution in [2.45, 2.75) is 45.8 Å². The van der Waals surface area contributed by atoms with Gasteiger partial charge in [0.15, 0.2) is 0 Å². The van der Waals surface area contributed by atoms with E-state index in [4.69, 9.17) is 16.3 Å². The molecule has 3 rings (SSSR count). The third-order valence-corrected chi connectivity index (χ3v) is 7.91. The van der Waals surface area contributed by atoms with E-state index < -0.39 is 28.5 Å². The summed E-state index contributed by atoms with van der Waals surface area (Å²) in [6, 6.07) is 20.4. The summed E-state index contributed by atoms with van der Waals surface area (Å²) < 4.78 is 32.3. The summed E-state index contributed by atoms with van der Waals surface area (Å²) >= 11 is 6.29. The van der Waals surface area contributed by atoms with E-state index in [0.29, 0.717) is 22.0 Å². The number of carbonyl (C=O) groups is 2. The molecule has 3 aromatic rings. The van der Waals surface area contributed by atoms with Crippen molar-refractivity contribution in [3.8, 4) is 5.75 Å². The zero-order valence-corrected chi connectivity index (χ0v) is 25.0. The third-order valence-electron chi connectivity index (χ3n) is 6.38. The number of benzene rings is 3. The number of anilines is 1. The molecule has 214 valence electrons. The Balaban J connectivity index is 2.10. The summed E-state index contributed by atoms with van der Waals surface area (Å²) in [5.74, 6) is -0.268. The average molecular weight is 586 g/mol. The van der Waals surface area contributed by atoms with Gasteiger partial charge in [-0.25, -0.2) is 8.42 Å². The first-order chi connectivity index (χ1) is 18.9. The molecule has 0 saturated heterocycles. The normalized spacial score (nSPS) is 12.1. The number of carbonyl (C=O) groups excluding carboxylic acids is 2. The largest absolute Gasteiger partial charge is 0.497 e. The lowest BCUT2D eigenvalue weighted by molar-refractivity contribution is -0.140. The van der Waals surface area contributed by atoms with Crippen LogP contribution >= 0.6 is 11.6 Å². The number of sulfonamides is 1. The Morgan fingerprint density at radius 2 is 1.62 bits per heavy atom. The molecule has 10 heteroatoms. The van der Waals surface area contributed by atoms with Gasteiger partial charge >= 0.3 is 0 Å². The minimum Gasteiger partial charge on any atom is -0.497 e. The van der Waals surface area contributed by atoms with Gasteiger partial charge in [-0.05, 0) is 61.7 Å². The molecule has 1 atom stereocenters. The fourth-order valence-corrected chi connectivity index (χ4v) is 5.43. The summed E-state index contributed by atoms with van der Waals surface area (Å²) in [4.78, 5) is 29.2. The van der Waals surface area contributed by atoms with Crippen LogP contribution in [-0.4, -0.2) is 57.1 Å². The summed E-state index contributed by atoms with van der Waals surface area (Å²) in [7, 11) is -2.34. The lowest BCUT2D eigenvalue weighted by Gasteiger charge is -2.34. The summed E-state index contributed by atoms with van der Waals surface area (Å²) in [5.41, 5.74) is 2.42. The van der Waals surface area contributed by atoms with Crippen LogP contribution in [0, 0.1) is 6.92 Å². The molecule has 0 fully saturated rings. The van der Waals surface area contributed by atoms with E-state index in [1.54, 1.807) is 50.4 Å². The van der Waals surface area contributed by atoms with Gasteiger partial charge in [-0.1, -0.05) is 60.1 Å². The van der Waals surface area contributed by atoms with Crippen molar-refractivity contribution < 1.29 is 22.7 Å². The second kappa shape index (κ2) is 13.7. The van der Waals surface area contributed by atoms with Crippen LogP contribution in [0.25, 0.3) is 0 Å². The Labute approximate surface area is 241 Å². The molecule has 0 aliphatic carbocycles. The van der Waals surface area contributed by atoms with E-state index in [1.165, 1.54) is 4.90 Å². The van der Waals surface area contributed by atoms with Crippen LogP contribution in [0.4, 0.5) is 5.69 Å². The van der Waals surface area contributed by atoms with Crippen molar-refractivity contribution in [1.29, 1.82) is 0 Å². The fourth-order valence-electron chi connectivity index (χ4n) is 4.36. The second-order valence-corrected chi connectivity index (χ2v) is 12.2. The smallest absolute Gasteiger partial charge is 0.244 e. The Bertz CT molecular complexity index is 1430. The van der Waals surface area contributed by atoms with E-state index in [-0.39, 0.29) is 24.9 Å². The number of halogens is 1. The summed E-state index contributed by atoms with van der Waals surface area (Å²) in [6.07, 6.45) is 1.28. The van der Waals surface area contributed by atoms with Gasteiger partial charge in [0.1, 0.15) is 18.3 Å². The quantitative estimate of drug-likeness (QED) is 0.335. The fraction of sp³-hybridized carbons (Fsp3) is 0.333. The number of hydrogen-bond donors (Lipinski definition) is 1. The Morgan fingerprint density at radius 1 is 0.975 bits per heavy atom. The zero-order valence-electron chi connectivity index (χ0n) is 23.4. The topological polar surface area (TPSA) is 96.0 Å². The molecular weight excluding hydrogens is 550 g/mol. The van der Waals surface area contributed by atoms with Gasteiger partial charge in [0, 0.05) is 24.0 Å². The van der Waals surface area contributed by atoms with E-state index >= 15 is 0 Å².